The molecule has 0 aliphatic carbocycles. The van der Waals surface area contributed by atoms with Crippen molar-refractivity contribution < 1.29 is 4.79 Å². The van der Waals surface area contributed by atoms with Crippen LogP contribution in [-0.4, -0.2) is 21.7 Å². The van der Waals surface area contributed by atoms with E-state index in [1.54, 1.807) is 4.90 Å². The van der Waals surface area contributed by atoms with E-state index in [4.69, 9.17) is 12.2 Å². The number of benzene rings is 1. The van der Waals surface area contributed by atoms with Crippen molar-refractivity contribution in [1.29, 1.82) is 0 Å². The van der Waals surface area contributed by atoms with Crippen LogP contribution in [0.15, 0.2) is 29.2 Å². The molecule has 1 aliphatic heterocycles. The van der Waals surface area contributed by atoms with Crippen molar-refractivity contribution in [2.75, 3.05) is 6.54 Å². The summed E-state index contributed by atoms with van der Waals surface area (Å²) in [6, 6.07) is 8.37. The highest BCUT2D eigenvalue weighted by Crippen LogP contribution is 2.33. The van der Waals surface area contributed by atoms with Gasteiger partial charge in [-0.1, -0.05) is 75.9 Å². The van der Waals surface area contributed by atoms with Gasteiger partial charge in [0.2, 0.25) is 0 Å². The minimum atomic E-state index is 0.0340. The Labute approximate surface area is 136 Å². The van der Waals surface area contributed by atoms with Crippen molar-refractivity contribution in [3.63, 3.8) is 0 Å². The Hall–Kier alpha value is -1.13. The maximum atomic E-state index is 12.3. The summed E-state index contributed by atoms with van der Waals surface area (Å²) < 4.78 is 0.666. The first-order chi connectivity index (χ1) is 9.82. The van der Waals surface area contributed by atoms with E-state index in [-0.39, 0.29) is 11.3 Å². The van der Waals surface area contributed by atoms with Crippen molar-refractivity contribution in [2.24, 2.45) is 0 Å². The monoisotopic (exact) mass is 319 g/mol. The first-order valence-corrected chi connectivity index (χ1v) is 8.41. The zero-order chi connectivity index (χ0) is 15.6. The number of thioether (sulfide) groups is 1. The van der Waals surface area contributed by atoms with Gasteiger partial charge in [0.1, 0.15) is 4.32 Å². The Morgan fingerprint density at radius 1 is 1.24 bits per heavy atom. The van der Waals surface area contributed by atoms with Gasteiger partial charge < -0.3 is 0 Å². The average molecular weight is 319 g/mol. The maximum absolute atomic E-state index is 12.3. The van der Waals surface area contributed by atoms with Crippen LogP contribution in [0.2, 0.25) is 0 Å². The molecule has 2 nitrogen and oxygen atoms in total. The van der Waals surface area contributed by atoms with Crippen LogP contribution in [0.3, 0.4) is 0 Å². The highest BCUT2D eigenvalue weighted by molar-refractivity contribution is 8.26. The van der Waals surface area contributed by atoms with Gasteiger partial charge in [-0.15, -0.1) is 0 Å². The Kier molecular flexibility index (Phi) is 4.89. The molecule has 1 aromatic rings. The van der Waals surface area contributed by atoms with Gasteiger partial charge in [-0.2, -0.15) is 0 Å². The molecule has 1 amide bonds. The lowest BCUT2D eigenvalue weighted by Gasteiger charge is -2.18. The second-order valence-electron chi connectivity index (χ2n) is 6.21. The molecule has 0 radical (unpaired) electrons. The van der Waals surface area contributed by atoms with Gasteiger partial charge in [0.25, 0.3) is 5.91 Å². The Morgan fingerprint density at radius 3 is 2.38 bits per heavy atom. The molecule has 0 spiro atoms. The molecule has 1 fully saturated rings. The quantitative estimate of drug-likeness (QED) is 0.600. The molecule has 1 aliphatic rings. The standard InChI is InChI=1S/C17H21NOS2/c1-5-10-18-15(19)14(21-16(18)20)11-12-6-8-13(9-7-12)17(2,3)4/h6-9,11H,5,10H2,1-4H3/b14-11-. The van der Waals surface area contributed by atoms with Gasteiger partial charge in [0, 0.05) is 6.54 Å². The fraction of sp³-hybridized carbons (Fsp3) is 0.412. The summed E-state index contributed by atoms with van der Waals surface area (Å²) >= 11 is 6.67. The van der Waals surface area contributed by atoms with Gasteiger partial charge in [0.05, 0.1) is 4.91 Å². The number of hydrogen-bond acceptors (Lipinski definition) is 3. The molecule has 0 saturated carbocycles. The van der Waals surface area contributed by atoms with E-state index in [9.17, 15) is 4.79 Å². The van der Waals surface area contributed by atoms with Crippen molar-refractivity contribution in [3.05, 3.63) is 40.3 Å². The number of nitrogens with zero attached hydrogens (tertiary/aromatic N) is 1. The van der Waals surface area contributed by atoms with Crippen LogP contribution in [0.5, 0.6) is 0 Å². The highest BCUT2D eigenvalue weighted by Gasteiger charge is 2.31. The first kappa shape index (κ1) is 16.2. The van der Waals surface area contributed by atoms with Crippen LogP contribution in [0.4, 0.5) is 0 Å². The summed E-state index contributed by atoms with van der Waals surface area (Å²) in [4.78, 5) is 14.7. The molecule has 0 aromatic heterocycles. The lowest BCUT2D eigenvalue weighted by molar-refractivity contribution is -0.122. The third kappa shape index (κ3) is 3.74. The topological polar surface area (TPSA) is 20.3 Å². The lowest BCUT2D eigenvalue weighted by Crippen LogP contribution is -2.28. The maximum Gasteiger partial charge on any atom is 0.266 e. The number of hydrogen-bond donors (Lipinski definition) is 0. The van der Waals surface area contributed by atoms with E-state index in [0.29, 0.717) is 10.9 Å². The van der Waals surface area contributed by atoms with Gasteiger partial charge in [-0.05, 0) is 29.0 Å². The highest BCUT2D eigenvalue weighted by atomic mass is 32.2. The third-order valence-corrected chi connectivity index (χ3v) is 4.77. The smallest absolute Gasteiger partial charge is 0.266 e. The Balaban J connectivity index is 2.21. The largest absolute Gasteiger partial charge is 0.293 e. The number of amides is 1. The van der Waals surface area contributed by atoms with Crippen molar-refractivity contribution >= 4 is 40.3 Å². The van der Waals surface area contributed by atoms with E-state index in [0.717, 1.165) is 16.9 Å². The summed E-state index contributed by atoms with van der Waals surface area (Å²) in [5, 5.41) is 0. The van der Waals surface area contributed by atoms with E-state index in [1.807, 2.05) is 13.0 Å². The Bertz CT molecular complexity index is 582. The zero-order valence-corrected chi connectivity index (χ0v) is 14.6. The van der Waals surface area contributed by atoms with E-state index in [2.05, 4.69) is 45.0 Å². The summed E-state index contributed by atoms with van der Waals surface area (Å²) in [5.74, 6) is 0.0340. The van der Waals surface area contributed by atoms with E-state index < -0.39 is 0 Å². The molecule has 2 rings (SSSR count). The molecule has 112 valence electrons. The van der Waals surface area contributed by atoms with Crippen LogP contribution < -0.4 is 0 Å². The molecule has 0 bridgehead atoms. The summed E-state index contributed by atoms with van der Waals surface area (Å²) in [6.07, 6.45) is 2.85. The molecule has 1 heterocycles. The van der Waals surface area contributed by atoms with Crippen molar-refractivity contribution in [3.8, 4) is 0 Å². The summed E-state index contributed by atoms with van der Waals surface area (Å²) in [6.45, 7) is 9.33. The number of rotatable bonds is 3. The van der Waals surface area contributed by atoms with Crippen LogP contribution in [0.25, 0.3) is 6.08 Å². The SMILES string of the molecule is CCCN1C(=O)/C(=C/c2ccc(C(C)(C)C)cc2)SC1=S. The second kappa shape index (κ2) is 6.32. The fourth-order valence-electron chi connectivity index (χ4n) is 2.15. The first-order valence-electron chi connectivity index (χ1n) is 7.19. The zero-order valence-electron chi connectivity index (χ0n) is 13.0. The van der Waals surface area contributed by atoms with Crippen molar-refractivity contribution in [1.82, 2.24) is 4.90 Å². The summed E-state index contributed by atoms with van der Waals surface area (Å²) in [7, 11) is 0. The third-order valence-electron chi connectivity index (χ3n) is 3.40. The molecular weight excluding hydrogens is 298 g/mol. The normalized spacial score (nSPS) is 17.9. The van der Waals surface area contributed by atoms with Crippen molar-refractivity contribution in [2.45, 2.75) is 39.5 Å². The van der Waals surface area contributed by atoms with E-state index in [1.165, 1.54) is 17.3 Å². The number of carbonyl (C=O) groups excluding carboxylic acids is 1. The van der Waals surface area contributed by atoms with Crippen LogP contribution >= 0.6 is 24.0 Å². The number of carbonyl (C=O) groups is 1. The van der Waals surface area contributed by atoms with Gasteiger partial charge in [-0.25, -0.2) is 0 Å². The number of thiocarbonyl (C=S) groups is 1. The predicted octanol–water partition coefficient (Wildman–Crippen LogP) is 4.60. The molecule has 21 heavy (non-hydrogen) atoms. The van der Waals surface area contributed by atoms with E-state index >= 15 is 0 Å². The molecule has 0 N–H and O–H groups in total. The van der Waals surface area contributed by atoms with Crippen LogP contribution in [-0.2, 0) is 10.2 Å². The second-order valence-corrected chi connectivity index (χ2v) is 7.88. The van der Waals surface area contributed by atoms with Gasteiger partial charge in [0.15, 0.2) is 0 Å². The Morgan fingerprint density at radius 2 is 1.86 bits per heavy atom. The lowest BCUT2D eigenvalue weighted by atomic mass is 9.87. The molecule has 0 unspecified atom stereocenters. The van der Waals surface area contributed by atoms with Crippen LogP contribution in [0.1, 0.15) is 45.2 Å². The average Bonchev–Trinajstić information content (AvgIpc) is 2.66. The summed E-state index contributed by atoms with van der Waals surface area (Å²) in [5.41, 5.74) is 2.47. The molecular formula is C17H21NOS2. The predicted molar refractivity (Wildman–Crippen MR) is 95.3 cm³/mol. The molecule has 0 atom stereocenters. The molecule has 1 aromatic carbocycles. The van der Waals surface area contributed by atoms with Crippen LogP contribution in [0, 0.1) is 0 Å². The van der Waals surface area contributed by atoms with Gasteiger partial charge in [-0.3, -0.25) is 9.69 Å². The fourth-order valence-corrected chi connectivity index (χ4v) is 3.46. The molecule has 1 saturated heterocycles. The minimum Gasteiger partial charge on any atom is -0.293 e. The molecule has 4 heteroatoms. The minimum absolute atomic E-state index is 0.0340. The van der Waals surface area contributed by atoms with Gasteiger partial charge >= 0.3 is 0 Å².